The summed E-state index contributed by atoms with van der Waals surface area (Å²) in [5.74, 6) is -0.178. The zero-order chi connectivity index (χ0) is 18.2. The third kappa shape index (κ3) is 5.45. The van der Waals surface area contributed by atoms with E-state index in [1.54, 1.807) is 11.8 Å². The molecule has 0 saturated heterocycles. The highest BCUT2D eigenvalue weighted by atomic mass is 16.2. The van der Waals surface area contributed by atoms with Crippen molar-refractivity contribution >= 4 is 11.8 Å². The maximum Gasteiger partial charge on any atom is 0.242 e. The number of amides is 2. The van der Waals surface area contributed by atoms with Gasteiger partial charge < -0.3 is 10.2 Å². The highest BCUT2D eigenvalue weighted by Crippen LogP contribution is 2.13. The van der Waals surface area contributed by atoms with Crippen LogP contribution < -0.4 is 5.32 Å². The predicted octanol–water partition coefficient (Wildman–Crippen LogP) is 3.09. The van der Waals surface area contributed by atoms with Crippen LogP contribution in [0.15, 0.2) is 54.6 Å². The van der Waals surface area contributed by atoms with Crippen molar-refractivity contribution in [3.8, 4) is 0 Å². The van der Waals surface area contributed by atoms with Crippen molar-refractivity contribution < 1.29 is 9.59 Å². The monoisotopic (exact) mass is 338 g/mol. The first-order valence-electron chi connectivity index (χ1n) is 8.68. The molecule has 2 aromatic rings. The Morgan fingerprint density at radius 1 is 1.04 bits per heavy atom. The number of carbonyl (C=O) groups excluding carboxylic acids is 2. The van der Waals surface area contributed by atoms with Crippen LogP contribution in [0.4, 0.5) is 0 Å². The van der Waals surface area contributed by atoms with Crippen LogP contribution in [0.3, 0.4) is 0 Å². The van der Waals surface area contributed by atoms with Crippen molar-refractivity contribution in [3.63, 3.8) is 0 Å². The number of carbonyl (C=O) groups is 2. The minimum atomic E-state index is -0.517. The quantitative estimate of drug-likeness (QED) is 0.843. The number of hydrogen-bond acceptors (Lipinski definition) is 2. The van der Waals surface area contributed by atoms with Gasteiger partial charge in [-0.3, -0.25) is 9.59 Å². The van der Waals surface area contributed by atoms with Crippen LogP contribution in [0.1, 0.15) is 30.5 Å². The second-order valence-corrected chi connectivity index (χ2v) is 6.24. The largest absolute Gasteiger partial charge is 0.355 e. The van der Waals surface area contributed by atoms with Crippen LogP contribution in [0.5, 0.6) is 0 Å². The van der Waals surface area contributed by atoms with E-state index in [-0.39, 0.29) is 18.2 Å². The average Bonchev–Trinajstić information content (AvgIpc) is 2.60. The summed E-state index contributed by atoms with van der Waals surface area (Å²) < 4.78 is 0. The molecule has 0 radical (unpaired) electrons. The zero-order valence-corrected chi connectivity index (χ0v) is 15.2. The molecule has 0 bridgehead atoms. The molecule has 0 fully saturated rings. The third-order valence-electron chi connectivity index (χ3n) is 4.15. The molecule has 2 aromatic carbocycles. The molecule has 0 aliphatic rings. The number of rotatable bonds is 7. The molecular weight excluding hydrogens is 312 g/mol. The van der Waals surface area contributed by atoms with Gasteiger partial charge in [0.25, 0.3) is 0 Å². The van der Waals surface area contributed by atoms with E-state index in [0.29, 0.717) is 13.1 Å². The maximum absolute atomic E-state index is 12.9. The summed E-state index contributed by atoms with van der Waals surface area (Å²) in [7, 11) is 0. The summed E-state index contributed by atoms with van der Waals surface area (Å²) >= 11 is 0. The van der Waals surface area contributed by atoms with Gasteiger partial charge in [0.15, 0.2) is 0 Å². The Morgan fingerprint density at radius 3 is 2.36 bits per heavy atom. The number of benzene rings is 2. The summed E-state index contributed by atoms with van der Waals surface area (Å²) in [5.41, 5.74) is 3.11. The van der Waals surface area contributed by atoms with Crippen LogP contribution in [-0.4, -0.2) is 29.3 Å². The molecule has 132 valence electrons. The van der Waals surface area contributed by atoms with E-state index >= 15 is 0 Å². The maximum atomic E-state index is 12.9. The van der Waals surface area contributed by atoms with Crippen molar-refractivity contribution in [1.82, 2.24) is 10.2 Å². The Labute approximate surface area is 149 Å². The lowest BCUT2D eigenvalue weighted by molar-refractivity contribution is -0.140. The van der Waals surface area contributed by atoms with E-state index in [0.717, 1.165) is 16.7 Å². The van der Waals surface area contributed by atoms with Gasteiger partial charge in [-0.25, -0.2) is 0 Å². The van der Waals surface area contributed by atoms with Crippen LogP contribution in [0.2, 0.25) is 0 Å². The Kier molecular flexibility index (Phi) is 6.75. The number of nitrogens with zero attached hydrogens (tertiary/aromatic N) is 1. The van der Waals surface area contributed by atoms with Crippen molar-refractivity contribution in [2.24, 2.45) is 0 Å². The second kappa shape index (κ2) is 9.02. The third-order valence-corrected chi connectivity index (χ3v) is 4.15. The van der Waals surface area contributed by atoms with Crippen LogP contribution in [0.25, 0.3) is 0 Å². The van der Waals surface area contributed by atoms with Gasteiger partial charge in [0.05, 0.1) is 6.42 Å². The lowest BCUT2D eigenvalue weighted by Crippen LogP contribution is -2.48. The summed E-state index contributed by atoms with van der Waals surface area (Å²) in [4.78, 5) is 26.9. The molecule has 4 nitrogen and oxygen atoms in total. The van der Waals surface area contributed by atoms with Gasteiger partial charge in [0, 0.05) is 13.1 Å². The number of hydrogen-bond donors (Lipinski definition) is 1. The molecule has 0 aliphatic carbocycles. The van der Waals surface area contributed by atoms with Crippen molar-refractivity contribution in [3.05, 3.63) is 71.3 Å². The van der Waals surface area contributed by atoms with Gasteiger partial charge in [-0.05, 0) is 31.9 Å². The summed E-state index contributed by atoms with van der Waals surface area (Å²) in [6.45, 7) is 6.65. The smallest absolute Gasteiger partial charge is 0.242 e. The van der Waals surface area contributed by atoms with Crippen molar-refractivity contribution in [2.45, 2.75) is 39.8 Å². The molecule has 1 N–H and O–H groups in total. The number of likely N-dealkylation sites (N-methyl/N-ethyl adjacent to an activating group) is 1. The fourth-order valence-corrected chi connectivity index (χ4v) is 2.78. The zero-order valence-electron chi connectivity index (χ0n) is 15.2. The Hall–Kier alpha value is -2.62. The molecule has 0 spiro atoms. The lowest BCUT2D eigenvalue weighted by Gasteiger charge is -2.29. The normalized spacial score (nSPS) is 11.6. The Balaban J connectivity index is 2.21. The van der Waals surface area contributed by atoms with E-state index in [2.05, 4.69) is 5.32 Å². The molecule has 0 aliphatic heterocycles. The van der Waals surface area contributed by atoms with Crippen molar-refractivity contribution in [2.75, 3.05) is 6.54 Å². The molecule has 4 heteroatoms. The molecule has 1 atom stereocenters. The fraction of sp³-hybridized carbons (Fsp3) is 0.333. The van der Waals surface area contributed by atoms with Gasteiger partial charge in [-0.15, -0.1) is 0 Å². The van der Waals surface area contributed by atoms with E-state index in [1.165, 1.54) is 0 Å². The summed E-state index contributed by atoms with van der Waals surface area (Å²) in [6.07, 6.45) is 0.288. The number of aryl methyl sites for hydroxylation is 1. The molecule has 2 rings (SSSR count). The highest BCUT2D eigenvalue weighted by Gasteiger charge is 2.25. The fourth-order valence-electron chi connectivity index (χ4n) is 2.78. The van der Waals surface area contributed by atoms with E-state index in [9.17, 15) is 9.59 Å². The van der Waals surface area contributed by atoms with Crippen LogP contribution in [0, 0.1) is 6.92 Å². The molecular formula is C21H26N2O2. The first-order chi connectivity index (χ1) is 12.0. The van der Waals surface area contributed by atoms with Crippen LogP contribution in [-0.2, 0) is 22.6 Å². The van der Waals surface area contributed by atoms with Gasteiger partial charge in [-0.1, -0.05) is 60.2 Å². The van der Waals surface area contributed by atoms with E-state index in [4.69, 9.17) is 0 Å². The van der Waals surface area contributed by atoms with Crippen molar-refractivity contribution in [1.29, 1.82) is 0 Å². The van der Waals surface area contributed by atoms with Gasteiger partial charge in [0.2, 0.25) is 11.8 Å². The van der Waals surface area contributed by atoms with Gasteiger partial charge in [0.1, 0.15) is 6.04 Å². The SMILES string of the molecule is CCNC(=O)[C@@H](C)N(Cc1cccc(C)c1)C(=O)Cc1ccccc1. The molecule has 2 amide bonds. The first kappa shape index (κ1) is 18.7. The lowest BCUT2D eigenvalue weighted by atomic mass is 10.1. The summed E-state index contributed by atoms with van der Waals surface area (Å²) in [6, 6.07) is 17.1. The van der Waals surface area contributed by atoms with Gasteiger partial charge in [-0.2, -0.15) is 0 Å². The standard InChI is InChI=1S/C21H26N2O2/c1-4-22-21(25)17(3)23(15-19-12-8-9-16(2)13-19)20(24)14-18-10-6-5-7-11-18/h5-13,17H,4,14-15H2,1-3H3,(H,22,25)/t17-/m1/s1. The molecule has 25 heavy (non-hydrogen) atoms. The minimum Gasteiger partial charge on any atom is -0.355 e. The molecule has 0 saturated carbocycles. The minimum absolute atomic E-state index is 0.0496. The molecule has 0 aromatic heterocycles. The van der Waals surface area contributed by atoms with Crippen LogP contribution >= 0.6 is 0 Å². The molecule has 0 unspecified atom stereocenters. The molecule has 0 heterocycles. The Morgan fingerprint density at radius 2 is 1.72 bits per heavy atom. The number of nitrogens with one attached hydrogen (secondary N) is 1. The van der Waals surface area contributed by atoms with Gasteiger partial charge >= 0.3 is 0 Å². The average molecular weight is 338 g/mol. The van der Waals surface area contributed by atoms with E-state index < -0.39 is 6.04 Å². The topological polar surface area (TPSA) is 49.4 Å². The Bertz CT molecular complexity index is 713. The second-order valence-electron chi connectivity index (χ2n) is 6.24. The highest BCUT2D eigenvalue weighted by molar-refractivity contribution is 5.88. The summed E-state index contributed by atoms with van der Waals surface area (Å²) in [5, 5.41) is 2.81. The predicted molar refractivity (Wildman–Crippen MR) is 100 cm³/mol. The first-order valence-corrected chi connectivity index (χ1v) is 8.68. The van der Waals surface area contributed by atoms with E-state index in [1.807, 2.05) is 68.4 Å².